The zero-order valence-electron chi connectivity index (χ0n) is 9.72. The average molecular weight is 330 g/mol. The number of hydrogen-bond donors (Lipinski definition) is 1. The van der Waals surface area contributed by atoms with Crippen molar-refractivity contribution in [3.63, 3.8) is 0 Å². The number of nitrogens with zero attached hydrogens (tertiary/aromatic N) is 2. The molecule has 0 atom stereocenters. The summed E-state index contributed by atoms with van der Waals surface area (Å²) in [6, 6.07) is 15.7. The first-order valence-corrected chi connectivity index (χ1v) is 7.19. The van der Waals surface area contributed by atoms with Gasteiger partial charge in [-0.2, -0.15) is 5.26 Å². The predicted octanol–water partition coefficient (Wildman–Crippen LogP) is 4.35. The number of para-hydroxylation sites is 2. The highest BCUT2D eigenvalue weighted by Gasteiger charge is 2.06. The molecule has 1 N–H and O–H groups in total. The molecule has 0 aliphatic carbocycles. The van der Waals surface area contributed by atoms with Crippen molar-refractivity contribution in [1.82, 2.24) is 9.97 Å². The Balaban J connectivity index is 1.92. The van der Waals surface area contributed by atoms with Crippen LogP contribution in [0.25, 0.3) is 11.0 Å². The number of nitriles is 1. The Morgan fingerprint density at radius 1 is 1.21 bits per heavy atom. The maximum Gasteiger partial charge on any atom is 0.171 e. The third-order valence-electron chi connectivity index (χ3n) is 2.64. The van der Waals surface area contributed by atoms with Crippen LogP contribution in [-0.4, -0.2) is 9.97 Å². The van der Waals surface area contributed by atoms with Crippen LogP contribution in [0.1, 0.15) is 5.56 Å². The molecule has 0 saturated carbocycles. The summed E-state index contributed by atoms with van der Waals surface area (Å²) in [4.78, 5) is 8.80. The first kappa shape index (κ1) is 12.3. The number of rotatable bonds is 2. The van der Waals surface area contributed by atoms with Crippen LogP contribution in [0.3, 0.4) is 0 Å². The molecule has 3 nitrogen and oxygen atoms in total. The van der Waals surface area contributed by atoms with E-state index in [4.69, 9.17) is 5.26 Å². The summed E-state index contributed by atoms with van der Waals surface area (Å²) < 4.78 is 0.802. The summed E-state index contributed by atoms with van der Waals surface area (Å²) in [5.41, 5.74) is 2.62. The number of aromatic amines is 1. The fourth-order valence-corrected chi connectivity index (χ4v) is 3.20. The summed E-state index contributed by atoms with van der Waals surface area (Å²) >= 11 is 4.93. The van der Waals surface area contributed by atoms with Crippen LogP contribution in [0.15, 0.2) is 57.0 Å². The van der Waals surface area contributed by atoms with Gasteiger partial charge in [0.1, 0.15) is 6.07 Å². The Bertz CT molecular complexity index is 756. The number of hydrogen-bond acceptors (Lipinski definition) is 3. The van der Waals surface area contributed by atoms with Gasteiger partial charge >= 0.3 is 0 Å². The van der Waals surface area contributed by atoms with Gasteiger partial charge in [-0.3, -0.25) is 0 Å². The van der Waals surface area contributed by atoms with Crippen molar-refractivity contribution in [3.8, 4) is 6.07 Å². The summed E-state index contributed by atoms with van der Waals surface area (Å²) in [6.07, 6.45) is 0. The maximum atomic E-state index is 8.89. The van der Waals surface area contributed by atoms with Crippen molar-refractivity contribution in [1.29, 1.82) is 5.26 Å². The predicted molar refractivity (Wildman–Crippen MR) is 79.1 cm³/mol. The molecule has 0 aliphatic rings. The molecule has 1 aromatic heterocycles. The molecule has 0 spiro atoms. The van der Waals surface area contributed by atoms with Crippen molar-refractivity contribution in [2.24, 2.45) is 0 Å². The number of H-pyrrole nitrogens is 1. The number of halogens is 1. The van der Waals surface area contributed by atoms with Gasteiger partial charge in [-0.1, -0.05) is 23.9 Å². The van der Waals surface area contributed by atoms with Crippen molar-refractivity contribution >= 4 is 38.7 Å². The minimum Gasteiger partial charge on any atom is -0.333 e. The van der Waals surface area contributed by atoms with Crippen molar-refractivity contribution in [2.45, 2.75) is 10.1 Å². The van der Waals surface area contributed by atoms with Crippen LogP contribution >= 0.6 is 27.7 Å². The van der Waals surface area contributed by atoms with E-state index in [9.17, 15) is 0 Å². The van der Waals surface area contributed by atoms with Gasteiger partial charge in [0.05, 0.1) is 16.6 Å². The molecule has 2 aromatic carbocycles. The summed E-state index contributed by atoms with van der Waals surface area (Å²) in [7, 11) is 0. The molecule has 0 bridgehead atoms. The van der Waals surface area contributed by atoms with Crippen LogP contribution in [0.4, 0.5) is 0 Å². The summed E-state index contributed by atoms with van der Waals surface area (Å²) in [6.45, 7) is 0. The lowest BCUT2D eigenvalue weighted by atomic mass is 10.2. The van der Waals surface area contributed by atoms with Gasteiger partial charge in [0.15, 0.2) is 5.16 Å². The van der Waals surface area contributed by atoms with Crippen molar-refractivity contribution in [2.75, 3.05) is 0 Å². The maximum absolute atomic E-state index is 8.89. The topological polar surface area (TPSA) is 52.5 Å². The van der Waals surface area contributed by atoms with Crippen LogP contribution in [0.2, 0.25) is 0 Å². The first-order valence-electron chi connectivity index (χ1n) is 5.58. The second-order valence-electron chi connectivity index (χ2n) is 3.91. The molecule has 3 rings (SSSR count). The first-order chi connectivity index (χ1) is 9.26. The second-order valence-corrected chi connectivity index (χ2v) is 5.83. The van der Waals surface area contributed by atoms with E-state index in [1.807, 2.05) is 36.4 Å². The Kier molecular flexibility index (Phi) is 3.28. The smallest absolute Gasteiger partial charge is 0.171 e. The molecule has 0 saturated heterocycles. The molecule has 3 aromatic rings. The Labute approximate surface area is 122 Å². The zero-order chi connectivity index (χ0) is 13.2. The van der Waals surface area contributed by atoms with E-state index in [2.05, 4.69) is 32.0 Å². The van der Waals surface area contributed by atoms with Crippen LogP contribution in [0, 0.1) is 11.3 Å². The van der Waals surface area contributed by atoms with Gasteiger partial charge in [-0.05, 0) is 46.3 Å². The van der Waals surface area contributed by atoms with E-state index in [0.29, 0.717) is 5.56 Å². The quantitative estimate of drug-likeness (QED) is 0.760. The van der Waals surface area contributed by atoms with E-state index in [0.717, 1.165) is 25.6 Å². The minimum absolute atomic E-state index is 0.633. The molecule has 1 heterocycles. The molecule has 0 radical (unpaired) electrons. The van der Waals surface area contributed by atoms with Gasteiger partial charge in [0.25, 0.3) is 0 Å². The molecule has 19 heavy (non-hydrogen) atoms. The van der Waals surface area contributed by atoms with E-state index >= 15 is 0 Å². The molecular weight excluding hydrogens is 322 g/mol. The molecular formula is C14H8BrN3S. The standard InChI is InChI=1S/C14H8BrN3S/c15-11-7-10(6-5-9(11)8-16)19-14-17-12-3-1-2-4-13(12)18-14/h1-7H,(H,17,18). The van der Waals surface area contributed by atoms with Gasteiger partial charge in [0.2, 0.25) is 0 Å². The van der Waals surface area contributed by atoms with Gasteiger partial charge in [-0.15, -0.1) is 0 Å². The van der Waals surface area contributed by atoms with Gasteiger partial charge in [0, 0.05) is 9.37 Å². The Hall–Kier alpha value is -1.77. The third-order valence-corrected chi connectivity index (χ3v) is 4.18. The average Bonchev–Trinajstić information content (AvgIpc) is 2.81. The monoisotopic (exact) mass is 329 g/mol. The lowest BCUT2D eigenvalue weighted by molar-refractivity contribution is 1.08. The lowest BCUT2D eigenvalue weighted by Gasteiger charge is -2.00. The Morgan fingerprint density at radius 3 is 2.79 bits per heavy atom. The lowest BCUT2D eigenvalue weighted by Crippen LogP contribution is -1.80. The number of fused-ring (bicyclic) bond motifs is 1. The van der Waals surface area contributed by atoms with E-state index < -0.39 is 0 Å². The van der Waals surface area contributed by atoms with Gasteiger partial charge < -0.3 is 4.98 Å². The fourth-order valence-electron chi connectivity index (χ4n) is 1.74. The second kappa shape index (κ2) is 5.08. The van der Waals surface area contributed by atoms with Gasteiger partial charge in [-0.25, -0.2) is 4.98 Å². The fraction of sp³-hybridized carbons (Fsp3) is 0. The summed E-state index contributed by atoms with van der Waals surface area (Å²) in [5.74, 6) is 0. The van der Waals surface area contributed by atoms with Crippen LogP contribution in [0.5, 0.6) is 0 Å². The highest BCUT2D eigenvalue weighted by Crippen LogP contribution is 2.30. The zero-order valence-corrected chi connectivity index (χ0v) is 12.1. The number of benzene rings is 2. The van der Waals surface area contributed by atoms with Crippen LogP contribution in [-0.2, 0) is 0 Å². The minimum atomic E-state index is 0.633. The highest BCUT2D eigenvalue weighted by molar-refractivity contribution is 9.10. The van der Waals surface area contributed by atoms with Crippen molar-refractivity contribution in [3.05, 3.63) is 52.5 Å². The van der Waals surface area contributed by atoms with E-state index in [1.165, 1.54) is 0 Å². The molecule has 5 heteroatoms. The molecule has 0 aliphatic heterocycles. The van der Waals surface area contributed by atoms with Crippen LogP contribution < -0.4 is 0 Å². The number of nitrogens with one attached hydrogen (secondary N) is 1. The largest absolute Gasteiger partial charge is 0.333 e. The Morgan fingerprint density at radius 2 is 2.05 bits per heavy atom. The van der Waals surface area contributed by atoms with E-state index in [-0.39, 0.29) is 0 Å². The molecule has 0 unspecified atom stereocenters. The number of imidazole rings is 1. The summed E-state index contributed by atoms with van der Waals surface area (Å²) in [5, 5.41) is 9.73. The normalized spacial score (nSPS) is 10.5. The third kappa shape index (κ3) is 2.50. The number of aromatic nitrogens is 2. The molecule has 0 amide bonds. The SMILES string of the molecule is N#Cc1ccc(Sc2nc3ccccc3[nH]2)cc1Br. The molecule has 0 fully saturated rings. The molecule has 92 valence electrons. The van der Waals surface area contributed by atoms with Crippen molar-refractivity contribution < 1.29 is 0 Å². The highest BCUT2D eigenvalue weighted by atomic mass is 79.9. The van der Waals surface area contributed by atoms with E-state index in [1.54, 1.807) is 17.8 Å².